The Bertz CT molecular complexity index is 283. The Morgan fingerprint density at radius 2 is 2.12 bits per heavy atom. The number of hydrogen-bond donors (Lipinski definition) is 1. The first-order chi connectivity index (χ1) is 7.77. The molecule has 0 saturated heterocycles. The summed E-state index contributed by atoms with van der Waals surface area (Å²) >= 11 is 1.83. The van der Waals surface area contributed by atoms with Crippen molar-refractivity contribution in [3.63, 3.8) is 0 Å². The largest absolute Gasteiger partial charge is 0.309 e. The van der Waals surface area contributed by atoms with Crippen molar-refractivity contribution in [2.75, 3.05) is 6.54 Å². The van der Waals surface area contributed by atoms with Crippen molar-refractivity contribution in [1.82, 2.24) is 10.3 Å². The van der Waals surface area contributed by atoms with E-state index in [2.05, 4.69) is 31.1 Å². The molecule has 3 heteroatoms. The van der Waals surface area contributed by atoms with Crippen LogP contribution in [0, 0.1) is 6.92 Å². The fraction of sp³-hybridized carbons (Fsp3) is 0.769. The number of nitrogens with zero attached hydrogens (tertiary/aromatic N) is 1. The summed E-state index contributed by atoms with van der Waals surface area (Å²) in [6, 6.07) is 0.521. The van der Waals surface area contributed by atoms with Crippen molar-refractivity contribution in [3.05, 3.63) is 16.1 Å². The highest BCUT2D eigenvalue weighted by Crippen LogP contribution is 2.25. The maximum absolute atomic E-state index is 4.34. The van der Waals surface area contributed by atoms with E-state index in [1.54, 1.807) is 0 Å². The average Bonchev–Trinajstić information content (AvgIpc) is 2.69. The molecule has 2 nitrogen and oxygen atoms in total. The fourth-order valence-corrected chi connectivity index (χ4v) is 2.80. The molecule has 1 unspecified atom stereocenters. The van der Waals surface area contributed by atoms with Gasteiger partial charge in [0.2, 0.25) is 0 Å². The Morgan fingerprint density at radius 1 is 1.31 bits per heavy atom. The van der Waals surface area contributed by atoms with Crippen molar-refractivity contribution < 1.29 is 0 Å². The van der Waals surface area contributed by atoms with E-state index in [1.165, 1.54) is 42.0 Å². The summed E-state index contributed by atoms with van der Waals surface area (Å²) in [6.07, 6.45) is 8.63. The van der Waals surface area contributed by atoms with Crippen LogP contribution in [-0.2, 0) is 0 Å². The van der Waals surface area contributed by atoms with Crippen LogP contribution in [0.15, 0.2) is 6.20 Å². The van der Waals surface area contributed by atoms with Gasteiger partial charge >= 0.3 is 0 Å². The molecule has 1 N–H and O–H groups in total. The third-order valence-corrected chi connectivity index (χ3v) is 3.81. The number of hydrogen-bond acceptors (Lipinski definition) is 3. The summed E-state index contributed by atoms with van der Waals surface area (Å²) in [7, 11) is 0. The summed E-state index contributed by atoms with van der Waals surface area (Å²) in [5.41, 5.74) is 0. The van der Waals surface area contributed by atoms with Gasteiger partial charge in [0, 0.05) is 17.1 Å². The Kier molecular flexibility index (Phi) is 6.65. The number of rotatable bonds is 8. The second kappa shape index (κ2) is 7.80. The molecule has 0 aliphatic heterocycles. The van der Waals surface area contributed by atoms with Gasteiger partial charge in [0.15, 0.2) is 0 Å². The fourth-order valence-electron chi connectivity index (χ4n) is 1.91. The molecule has 0 bridgehead atoms. The van der Waals surface area contributed by atoms with E-state index < -0.39 is 0 Å². The van der Waals surface area contributed by atoms with E-state index >= 15 is 0 Å². The molecule has 16 heavy (non-hydrogen) atoms. The van der Waals surface area contributed by atoms with Crippen LogP contribution in [0.4, 0.5) is 0 Å². The molecule has 92 valence electrons. The summed E-state index contributed by atoms with van der Waals surface area (Å²) in [4.78, 5) is 5.74. The summed E-state index contributed by atoms with van der Waals surface area (Å²) in [5, 5.41) is 4.73. The quantitative estimate of drug-likeness (QED) is 0.693. The van der Waals surface area contributed by atoms with Gasteiger partial charge in [-0.3, -0.25) is 0 Å². The van der Waals surface area contributed by atoms with E-state index in [4.69, 9.17) is 0 Å². The van der Waals surface area contributed by atoms with Crippen LogP contribution in [0.2, 0.25) is 0 Å². The monoisotopic (exact) mass is 240 g/mol. The number of aryl methyl sites for hydroxylation is 1. The second-order valence-corrected chi connectivity index (χ2v) is 5.51. The maximum Gasteiger partial charge on any atom is 0.0897 e. The van der Waals surface area contributed by atoms with Gasteiger partial charge in [0.1, 0.15) is 0 Å². The Labute approximate surface area is 103 Å². The minimum atomic E-state index is 0.521. The average molecular weight is 240 g/mol. The third kappa shape index (κ3) is 4.62. The molecule has 0 saturated carbocycles. The van der Waals surface area contributed by atoms with E-state index in [9.17, 15) is 0 Å². The van der Waals surface area contributed by atoms with Crippen molar-refractivity contribution >= 4 is 11.3 Å². The first-order valence-electron chi connectivity index (χ1n) is 6.43. The minimum absolute atomic E-state index is 0.521. The van der Waals surface area contributed by atoms with E-state index in [1.807, 2.05) is 17.5 Å². The molecule has 0 amide bonds. The van der Waals surface area contributed by atoms with Crippen molar-refractivity contribution in [2.45, 2.75) is 58.9 Å². The molecule has 1 rings (SSSR count). The topological polar surface area (TPSA) is 24.9 Å². The van der Waals surface area contributed by atoms with Crippen LogP contribution in [0.25, 0.3) is 0 Å². The van der Waals surface area contributed by atoms with Gasteiger partial charge < -0.3 is 5.32 Å². The smallest absolute Gasteiger partial charge is 0.0897 e. The first-order valence-corrected chi connectivity index (χ1v) is 7.25. The Morgan fingerprint density at radius 3 is 2.69 bits per heavy atom. The Hall–Kier alpha value is -0.410. The maximum atomic E-state index is 4.34. The highest BCUT2D eigenvalue weighted by molar-refractivity contribution is 7.11. The zero-order valence-corrected chi connectivity index (χ0v) is 11.6. The van der Waals surface area contributed by atoms with Crippen molar-refractivity contribution in [2.24, 2.45) is 0 Å². The molecule has 1 aromatic rings. The predicted molar refractivity (Wildman–Crippen MR) is 72.0 cm³/mol. The van der Waals surface area contributed by atoms with Gasteiger partial charge in [-0.2, -0.15) is 0 Å². The van der Waals surface area contributed by atoms with Gasteiger partial charge in [-0.25, -0.2) is 4.98 Å². The first kappa shape index (κ1) is 13.7. The van der Waals surface area contributed by atoms with E-state index in [0.29, 0.717) is 6.04 Å². The van der Waals surface area contributed by atoms with Gasteiger partial charge in [0.25, 0.3) is 0 Å². The number of thiazole rings is 1. The third-order valence-electron chi connectivity index (χ3n) is 2.78. The van der Waals surface area contributed by atoms with Crippen LogP contribution in [0.5, 0.6) is 0 Å². The molecule has 0 fully saturated rings. The number of unbranched alkanes of at least 4 members (excludes halogenated alkanes) is 3. The van der Waals surface area contributed by atoms with Crippen LogP contribution < -0.4 is 5.32 Å². The Balaban J connectivity index is 2.41. The summed E-state index contributed by atoms with van der Waals surface area (Å²) in [6.45, 7) is 7.55. The van der Waals surface area contributed by atoms with Gasteiger partial charge in [-0.1, -0.05) is 39.5 Å². The van der Waals surface area contributed by atoms with Gasteiger partial charge in [-0.15, -0.1) is 11.3 Å². The van der Waals surface area contributed by atoms with Crippen LogP contribution in [0.1, 0.15) is 61.9 Å². The zero-order valence-electron chi connectivity index (χ0n) is 10.8. The molecule has 0 aliphatic rings. The van der Waals surface area contributed by atoms with E-state index in [0.717, 1.165) is 6.54 Å². The van der Waals surface area contributed by atoms with Gasteiger partial charge in [-0.05, 0) is 19.9 Å². The summed E-state index contributed by atoms with van der Waals surface area (Å²) < 4.78 is 0. The number of aromatic nitrogens is 1. The van der Waals surface area contributed by atoms with Crippen molar-refractivity contribution in [1.29, 1.82) is 0 Å². The van der Waals surface area contributed by atoms with Crippen LogP contribution in [-0.4, -0.2) is 11.5 Å². The second-order valence-electron chi connectivity index (χ2n) is 4.24. The summed E-state index contributed by atoms with van der Waals surface area (Å²) in [5.74, 6) is 0. The lowest BCUT2D eigenvalue weighted by atomic mass is 10.1. The molecular weight excluding hydrogens is 216 g/mol. The highest BCUT2D eigenvalue weighted by atomic mass is 32.1. The highest BCUT2D eigenvalue weighted by Gasteiger charge is 2.12. The zero-order chi connectivity index (χ0) is 11.8. The lowest BCUT2D eigenvalue weighted by molar-refractivity contribution is 0.487. The molecule has 0 radical (unpaired) electrons. The van der Waals surface area contributed by atoms with Crippen LogP contribution >= 0.6 is 11.3 Å². The number of nitrogens with one attached hydrogen (secondary N) is 1. The van der Waals surface area contributed by atoms with Gasteiger partial charge in [0.05, 0.1) is 5.01 Å². The molecule has 1 atom stereocenters. The predicted octanol–water partition coefficient (Wildman–Crippen LogP) is 4.07. The SMILES string of the molecule is CCCCCCC(NCC)c1cnc(C)s1. The lowest BCUT2D eigenvalue weighted by Crippen LogP contribution is -2.19. The van der Waals surface area contributed by atoms with Crippen LogP contribution in [0.3, 0.4) is 0 Å². The normalized spacial score (nSPS) is 12.9. The lowest BCUT2D eigenvalue weighted by Gasteiger charge is -2.15. The minimum Gasteiger partial charge on any atom is -0.309 e. The standard InChI is InChI=1S/C13H24N2S/c1-4-6-7-8-9-12(14-5-2)13-10-15-11(3)16-13/h10,12,14H,4-9H2,1-3H3. The molecule has 1 aromatic heterocycles. The molecule has 0 aromatic carbocycles. The molecule has 0 aliphatic carbocycles. The molecule has 0 spiro atoms. The van der Waals surface area contributed by atoms with Crippen molar-refractivity contribution in [3.8, 4) is 0 Å². The molecule has 1 heterocycles. The molecular formula is C13H24N2S. The van der Waals surface area contributed by atoms with E-state index in [-0.39, 0.29) is 0 Å².